The molecule has 0 aromatic carbocycles. The molecule has 0 saturated carbocycles. The molecule has 2 rings (SSSR count). The van der Waals surface area contributed by atoms with Gasteiger partial charge in [-0.15, -0.1) is 22.9 Å². The first-order valence-electron chi connectivity index (χ1n) is 6.70. The highest BCUT2D eigenvalue weighted by Gasteiger charge is 2.21. The molecule has 0 saturated heterocycles. The van der Waals surface area contributed by atoms with Crippen molar-refractivity contribution in [3.05, 3.63) is 33.6 Å². The number of nitrogens with zero attached hydrogens (tertiary/aromatic N) is 2. The molecule has 0 bridgehead atoms. The molecule has 0 fully saturated rings. The van der Waals surface area contributed by atoms with Crippen LogP contribution < -0.4 is 0 Å². The highest BCUT2D eigenvalue weighted by atomic mass is 35.5. The molecule has 1 atom stereocenters. The Morgan fingerprint density at radius 2 is 2.10 bits per heavy atom. The molecule has 0 radical (unpaired) electrons. The fraction of sp³-hybridized carbons (Fsp3) is 0.467. The number of halogens is 1. The van der Waals surface area contributed by atoms with Gasteiger partial charge in [-0.25, -0.2) is 4.98 Å². The van der Waals surface area contributed by atoms with Crippen LogP contribution >= 0.6 is 22.9 Å². The van der Waals surface area contributed by atoms with Gasteiger partial charge in [0.1, 0.15) is 0 Å². The van der Waals surface area contributed by atoms with E-state index in [-0.39, 0.29) is 5.78 Å². The topological polar surface area (TPSA) is 34.9 Å². The smallest absolute Gasteiger partial charge is 0.194 e. The molecule has 0 spiro atoms. The highest BCUT2D eigenvalue weighted by Crippen LogP contribution is 2.27. The molecule has 2 aromatic heterocycles. The van der Waals surface area contributed by atoms with Crippen molar-refractivity contribution in [3.63, 3.8) is 0 Å². The molecular weight excluding hydrogens is 292 g/mol. The quantitative estimate of drug-likeness (QED) is 0.625. The Labute approximate surface area is 128 Å². The van der Waals surface area contributed by atoms with Crippen LogP contribution in [0.15, 0.2) is 6.07 Å². The van der Waals surface area contributed by atoms with Gasteiger partial charge in [0, 0.05) is 21.8 Å². The second kappa shape index (κ2) is 5.70. The van der Waals surface area contributed by atoms with E-state index in [1.54, 1.807) is 18.3 Å². The zero-order chi connectivity index (χ0) is 15.0. The average Bonchev–Trinajstić information content (AvgIpc) is 2.88. The maximum atomic E-state index is 12.1. The van der Waals surface area contributed by atoms with E-state index < -0.39 is 5.38 Å². The monoisotopic (exact) mass is 310 g/mol. The van der Waals surface area contributed by atoms with Gasteiger partial charge in [0.2, 0.25) is 0 Å². The molecule has 0 aliphatic carbocycles. The number of aryl methyl sites for hydroxylation is 3. The van der Waals surface area contributed by atoms with Gasteiger partial charge < -0.3 is 0 Å². The van der Waals surface area contributed by atoms with Crippen LogP contribution in [0.25, 0.3) is 5.13 Å². The molecule has 0 amide bonds. The van der Waals surface area contributed by atoms with Crippen molar-refractivity contribution < 1.29 is 4.79 Å². The first-order valence-corrected chi connectivity index (χ1v) is 7.96. The van der Waals surface area contributed by atoms with E-state index in [9.17, 15) is 4.79 Å². The van der Waals surface area contributed by atoms with Gasteiger partial charge in [0.25, 0.3) is 0 Å². The van der Waals surface area contributed by atoms with Crippen LogP contribution in [0, 0.1) is 20.8 Å². The number of alkyl halides is 1. The van der Waals surface area contributed by atoms with Gasteiger partial charge in [-0.1, -0.05) is 6.92 Å². The maximum Gasteiger partial charge on any atom is 0.194 e. The molecule has 0 aliphatic rings. The summed E-state index contributed by atoms with van der Waals surface area (Å²) in [4.78, 5) is 18.0. The van der Waals surface area contributed by atoms with Crippen molar-refractivity contribution in [2.45, 2.75) is 46.4 Å². The van der Waals surface area contributed by atoms with Crippen molar-refractivity contribution >= 4 is 28.7 Å². The van der Waals surface area contributed by atoms with E-state index in [1.807, 2.05) is 24.5 Å². The summed E-state index contributed by atoms with van der Waals surface area (Å²) in [5.74, 6) is -0.0324. The molecule has 2 aromatic rings. The molecule has 20 heavy (non-hydrogen) atoms. The Kier molecular flexibility index (Phi) is 4.35. The zero-order valence-electron chi connectivity index (χ0n) is 12.5. The molecular formula is C15H19ClN2OS. The summed E-state index contributed by atoms with van der Waals surface area (Å²) in [6, 6.07) is 1.90. The molecule has 1 unspecified atom stereocenters. The average molecular weight is 311 g/mol. The summed E-state index contributed by atoms with van der Waals surface area (Å²) in [7, 11) is 0. The van der Waals surface area contributed by atoms with Crippen LogP contribution in [0.2, 0.25) is 0 Å². The van der Waals surface area contributed by atoms with Gasteiger partial charge >= 0.3 is 0 Å². The number of thiazole rings is 1. The summed E-state index contributed by atoms with van der Waals surface area (Å²) >= 11 is 7.58. The third kappa shape index (κ3) is 2.54. The number of carbonyl (C=O) groups excluding carboxylic acids is 1. The number of aromatic nitrogens is 2. The van der Waals surface area contributed by atoms with Crippen molar-refractivity contribution in [1.82, 2.24) is 9.55 Å². The van der Waals surface area contributed by atoms with E-state index in [0.717, 1.165) is 28.6 Å². The lowest BCUT2D eigenvalue weighted by Gasteiger charge is -2.06. The van der Waals surface area contributed by atoms with Crippen LogP contribution in [0.4, 0.5) is 0 Å². The molecule has 5 heteroatoms. The van der Waals surface area contributed by atoms with Gasteiger partial charge in [-0.05, 0) is 40.2 Å². The normalized spacial score (nSPS) is 12.7. The lowest BCUT2D eigenvalue weighted by atomic mass is 10.1. The predicted molar refractivity (Wildman–Crippen MR) is 84.7 cm³/mol. The van der Waals surface area contributed by atoms with Crippen molar-refractivity contribution in [3.8, 4) is 5.13 Å². The Hall–Kier alpha value is -1.13. The molecule has 3 nitrogen and oxygen atoms in total. The number of hydrogen-bond acceptors (Lipinski definition) is 3. The Bertz CT molecular complexity index is 655. The number of hydrogen-bond donors (Lipinski definition) is 0. The van der Waals surface area contributed by atoms with Gasteiger partial charge in [0.05, 0.1) is 11.1 Å². The minimum atomic E-state index is -0.506. The second-order valence-electron chi connectivity index (χ2n) is 4.95. The lowest BCUT2D eigenvalue weighted by molar-refractivity contribution is 0.0991. The number of ketones is 1. The number of Topliss-reactive ketones (excluding diaryl/α,β-unsaturated/α-hetero) is 1. The van der Waals surface area contributed by atoms with Gasteiger partial charge in [0.15, 0.2) is 10.9 Å². The van der Waals surface area contributed by atoms with Gasteiger partial charge in [-0.2, -0.15) is 0 Å². The highest BCUT2D eigenvalue weighted by molar-refractivity contribution is 7.14. The summed E-state index contributed by atoms with van der Waals surface area (Å²) in [6.45, 7) is 9.83. The molecule has 108 valence electrons. The van der Waals surface area contributed by atoms with E-state index in [1.165, 1.54) is 4.88 Å². The first kappa shape index (κ1) is 15.3. The Morgan fingerprint density at radius 3 is 2.60 bits per heavy atom. The van der Waals surface area contributed by atoms with E-state index in [2.05, 4.69) is 18.8 Å². The SMILES string of the molecule is CCc1nc(-n2c(C)cc(C(=O)C(C)Cl)c2C)sc1C. The molecule has 0 N–H and O–H groups in total. The number of carbonyl (C=O) groups is 1. The van der Waals surface area contributed by atoms with Crippen LogP contribution in [0.5, 0.6) is 0 Å². The molecule has 2 heterocycles. The summed E-state index contributed by atoms with van der Waals surface area (Å²) in [6.07, 6.45) is 0.923. The lowest BCUT2D eigenvalue weighted by Crippen LogP contribution is -2.11. The Balaban J connectivity index is 2.55. The van der Waals surface area contributed by atoms with Crippen LogP contribution in [-0.2, 0) is 6.42 Å². The third-order valence-electron chi connectivity index (χ3n) is 3.47. The first-order chi connectivity index (χ1) is 9.36. The Morgan fingerprint density at radius 1 is 1.45 bits per heavy atom. The minimum absolute atomic E-state index is 0.0324. The van der Waals surface area contributed by atoms with Crippen molar-refractivity contribution in [1.29, 1.82) is 0 Å². The van der Waals surface area contributed by atoms with Gasteiger partial charge in [-0.3, -0.25) is 9.36 Å². The molecule has 0 aliphatic heterocycles. The summed E-state index contributed by atoms with van der Waals surface area (Å²) < 4.78 is 2.04. The predicted octanol–water partition coefficient (Wildman–Crippen LogP) is 4.23. The van der Waals surface area contributed by atoms with E-state index in [4.69, 9.17) is 11.6 Å². The van der Waals surface area contributed by atoms with Crippen molar-refractivity contribution in [2.75, 3.05) is 0 Å². The van der Waals surface area contributed by atoms with E-state index in [0.29, 0.717) is 5.56 Å². The van der Waals surface area contributed by atoms with Crippen molar-refractivity contribution in [2.24, 2.45) is 0 Å². The zero-order valence-corrected chi connectivity index (χ0v) is 14.0. The minimum Gasteiger partial charge on any atom is -0.294 e. The largest absolute Gasteiger partial charge is 0.294 e. The summed E-state index contributed by atoms with van der Waals surface area (Å²) in [5, 5.41) is 0.420. The van der Waals surface area contributed by atoms with E-state index >= 15 is 0 Å². The number of rotatable bonds is 4. The maximum absolute atomic E-state index is 12.1. The third-order valence-corrected chi connectivity index (χ3v) is 4.66. The van der Waals surface area contributed by atoms with Crippen LogP contribution in [0.1, 0.15) is 46.2 Å². The van der Waals surface area contributed by atoms with Crippen LogP contribution in [-0.4, -0.2) is 20.7 Å². The standard InChI is InChI=1S/C15H19ClN2OS/c1-6-13-11(5)20-15(17-13)18-8(2)7-12(10(18)4)14(19)9(3)16/h7,9H,6H2,1-5H3. The second-order valence-corrected chi connectivity index (χ2v) is 6.79. The fourth-order valence-electron chi connectivity index (χ4n) is 2.36. The summed E-state index contributed by atoms with van der Waals surface area (Å²) in [5.41, 5.74) is 3.74. The fourth-order valence-corrected chi connectivity index (χ4v) is 3.58. The van der Waals surface area contributed by atoms with Crippen LogP contribution in [0.3, 0.4) is 0 Å².